The van der Waals surface area contributed by atoms with Crippen LogP contribution in [0.5, 0.6) is 0 Å². The molecule has 3 heteroatoms. The van der Waals surface area contributed by atoms with E-state index in [4.69, 9.17) is 4.74 Å². The molecule has 1 saturated carbocycles. The van der Waals surface area contributed by atoms with Crippen LogP contribution in [0, 0.1) is 11.8 Å². The quantitative estimate of drug-likeness (QED) is 0.707. The molecule has 1 unspecified atom stereocenters. The predicted molar refractivity (Wildman–Crippen MR) is 58.5 cm³/mol. The highest BCUT2D eigenvalue weighted by Crippen LogP contribution is 2.44. The maximum absolute atomic E-state index is 11.7. The van der Waals surface area contributed by atoms with E-state index < -0.39 is 0 Å². The van der Waals surface area contributed by atoms with E-state index in [0.717, 1.165) is 13.0 Å². The third-order valence-electron chi connectivity index (χ3n) is 3.16. The summed E-state index contributed by atoms with van der Waals surface area (Å²) in [6, 6.07) is 0.572. The molecular formula is C12H21NO2. The molecule has 15 heavy (non-hydrogen) atoms. The first-order valence-corrected chi connectivity index (χ1v) is 5.93. The van der Waals surface area contributed by atoms with Crippen LogP contribution < -0.4 is 5.32 Å². The minimum Gasteiger partial charge on any atom is -0.460 e. The Kier molecular flexibility index (Phi) is 2.75. The number of hydrogen-bond donors (Lipinski definition) is 1. The lowest BCUT2D eigenvalue weighted by molar-refractivity contribution is -0.156. The lowest BCUT2D eigenvalue weighted by Crippen LogP contribution is -2.28. The molecule has 2 aliphatic rings. The van der Waals surface area contributed by atoms with Gasteiger partial charge in [-0.05, 0) is 52.5 Å². The number of carbonyl (C=O) groups excluding carboxylic acids is 1. The van der Waals surface area contributed by atoms with Crippen LogP contribution in [0.4, 0.5) is 0 Å². The van der Waals surface area contributed by atoms with Crippen LogP contribution >= 0.6 is 0 Å². The van der Waals surface area contributed by atoms with Crippen LogP contribution in [0.3, 0.4) is 0 Å². The van der Waals surface area contributed by atoms with Gasteiger partial charge in [0.05, 0.1) is 5.92 Å². The fraction of sp³-hybridized carbons (Fsp3) is 0.917. The molecule has 0 spiro atoms. The van der Waals surface area contributed by atoms with Crippen molar-refractivity contribution >= 4 is 5.97 Å². The van der Waals surface area contributed by atoms with Gasteiger partial charge in [-0.25, -0.2) is 0 Å². The van der Waals surface area contributed by atoms with Crippen LogP contribution in [0.2, 0.25) is 0 Å². The van der Waals surface area contributed by atoms with E-state index in [1.807, 2.05) is 20.8 Å². The minimum absolute atomic E-state index is 0.00111. The normalized spacial score (nSPS) is 35.3. The summed E-state index contributed by atoms with van der Waals surface area (Å²) >= 11 is 0. The zero-order valence-corrected chi connectivity index (χ0v) is 9.88. The van der Waals surface area contributed by atoms with Gasteiger partial charge in [0.15, 0.2) is 0 Å². The summed E-state index contributed by atoms with van der Waals surface area (Å²) < 4.78 is 5.38. The van der Waals surface area contributed by atoms with Gasteiger partial charge in [0, 0.05) is 6.04 Å². The second-order valence-electron chi connectivity index (χ2n) is 5.74. The van der Waals surface area contributed by atoms with Crippen molar-refractivity contribution in [1.29, 1.82) is 0 Å². The zero-order valence-electron chi connectivity index (χ0n) is 9.88. The van der Waals surface area contributed by atoms with Gasteiger partial charge in [-0.2, -0.15) is 0 Å². The lowest BCUT2D eigenvalue weighted by atomic mass is 10.1. The summed E-state index contributed by atoms with van der Waals surface area (Å²) in [7, 11) is 0. The molecular weight excluding hydrogens is 190 g/mol. The highest BCUT2D eigenvalue weighted by atomic mass is 16.6. The average molecular weight is 211 g/mol. The molecule has 0 bridgehead atoms. The molecule has 2 fully saturated rings. The Bertz CT molecular complexity index is 251. The van der Waals surface area contributed by atoms with Crippen molar-refractivity contribution in [1.82, 2.24) is 5.32 Å². The Morgan fingerprint density at radius 3 is 2.67 bits per heavy atom. The average Bonchev–Trinajstić information content (AvgIpc) is 2.71. The third-order valence-corrected chi connectivity index (χ3v) is 3.16. The Labute approximate surface area is 91.6 Å². The first-order chi connectivity index (χ1) is 6.97. The van der Waals surface area contributed by atoms with Gasteiger partial charge in [0.1, 0.15) is 5.60 Å². The molecule has 0 aromatic heterocycles. The Morgan fingerprint density at radius 1 is 1.40 bits per heavy atom. The Balaban J connectivity index is 1.80. The Hall–Kier alpha value is -0.570. The van der Waals surface area contributed by atoms with E-state index in [1.54, 1.807) is 0 Å². The van der Waals surface area contributed by atoms with Gasteiger partial charge in [-0.3, -0.25) is 4.79 Å². The molecule has 1 aliphatic heterocycles. The monoisotopic (exact) mass is 211 g/mol. The summed E-state index contributed by atoms with van der Waals surface area (Å²) in [4.78, 5) is 11.7. The van der Waals surface area contributed by atoms with Gasteiger partial charge >= 0.3 is 5.97 Å². The molecule has 3 atom stereocenters. The van der Waals surface area contributed by atoms with Crippen LogP contribution in [0.25, 0.3) is 0 Å². The minimum atomic E-state index is -0.340. The fourth-order valence-corrected chi connectivity index (χ4v) is 2.38. The van der Waals surface area contributed by atoms with Crippen LogP contribution in [0.15, 0.2) is 0 Å². The molecule has 2 rings (SSSR count). The SMILES string of the molecule is CC(C)(C)OC(=O)[C@@H]1C[C@H]1C1CCCN1. The highest BCUT2D eigenvalue weighted by Gasteiger charge is 2.49. The third kappa shape index (κ3) is 2.71. The van der Waals surface area contributed by atoms with E-state index in [9.17, 15) is 4.79 Å². The molecule has 0 aromatic carbocycles. The van der Waals surface area contributed by atoms with E-state index >= 15 is 0 Å². The van der Waals surface area contributed by atoms with Crippen molar-refractivity contribution in [2.45, 2.75) is 51.7 Å². The zero-order chi connectivity index (χ0) is 11.1. The first-order valence-electron chi connectivity index (χ1n) is 5.93. The molecule has 86 valence electrons. The van der Waals surface area contributed by atoms with Crippen molar-refractivity contribution in [2.75, 3.05) is 6.54 Å². The molecule has 0 radical (unpaired) electrons. The fourth-order valence-electron chi connectivity index (χ4n) is 2.38. The second kappa shape index (κ2) is 3.78. The van der Waals surface area contributed by atoms with E-state index in [-0.39, 0.29) is 17.5 Å². The standard InChI is InChI=1S/C12H21NO2/c1-12(2,3)15-11(14)9-7-8(9)10-5-4-6-13-10/h8-10,13H,4-7H2,1-3H3/t8-,9-,10?/m1/s1. The van der Waals surface area contributed by atoms with Crippen molar-refractivity contribution < 1.29 is 9.53 Å². The van der Waals surface area contributed by atoms with Crippen LogP contribution in [-0.2, 0) is 9.53 Å². The summed E-state index contributed by atoms with van der Waals surface area (Å²) in [5, 5.41) is 3.46. The van der Waals surface area contributed by atoms with Gasteiger partial charge in [-0.1, -0.05) is 0 Å². The summed E-state index contributed by atoms with van der Waals surface area (Å²) in [5.74, 6) is 0.711. The van der Waals surface area contributed by atoms with E-state index in [2.05, 4.69) is 5.32 Å². The van der Waals surface area contributed by atoms with Crippen molar-refractivity contribution in [2.24, 2.45) is 11.8 Å². The summed E-state index contributed by atoms with van der Waals surface area (Å²) in [6.07, 6.45) is 3.50. The van der Waals surface area contributed by atoms with Crippen LogP contribution in [0.1, 0.15) is 40.0 Å². The van der Waals surface area contributed by atoms with Crippen molar-refractivity contribution in [3.05, 3.63) is 0 Å². The first kappa shape index (κ1) is 10.9. The molecule has 1 heterocycles. The molecule has 1 N–H and O–H groups in total. The second-order valence-corrected chi connectivity index (χ2v) is 5.74. The maximum atomic E-state index is 11.7. The summed E-state index contributed by atoms with van der Waals surface area (Å²) in [6.45, 7) is 6.89. The van der Waals surface area contributed by atoms with Gasteiger partial charge < -0.3 is 10.1 Å². The Morgan fingerprint density at radius 2 is 2.13 bits per heavy atom. The van der Waals surface area contributed by atoms with Gasteiger partial charge in [0.2, 0.25) is 0 Å². The molecule has 3 nitrogen and oxygen atoms in total. The summed E-state index contributed by atoms with van der Waals surface area (Å²) in [5.41, 5.74) is -0.340. The smallest absolute Gasteiger partial charge is 0.309 e. The number of hydrogen-bond acceptors (Lipinski definition) is 3. The highest BCUT2D eigenvalue weighted by molar-refractivity contribution is 5.76. The predicted octanol–water partition coefficient (Wildman–Crippen LogP) is 1.72. The van der Waals surface area contributed by atoms with Gasteiger partial charge in [0.25, 0.3) is 0 Å². The largest absolute Gasteiger partial charge is 0.460 e. The lowest BCUT2D eigenvalue weighted by Gasteiger charge is -2.20. The number of ether oxygens (including phenoxy) is 1. The topological polar surface area (TPSA) is 38.3 Å². The molecule has 0 amide bonds. The number of esters is 1. The molecule has 0 aromatic rings. The van der Waals surface area contributed by atoms with Crippen LogP contribution in [-0.4, -0.2) is 24.2 Å². The van der Waals surface area contributed by atoms with E-state index in [0.29, 0.717) is 12.0 Å². The van der Waals surface area contributed by atoms with Crippen molar-refractivity contribution in [3.8, 4) is 0 Å². The number of nitrogens with one attached hydrogen (secondary N) is 1. The maximum Gasteiger partial charge on any atom is 0.309 e. The molecule has 1 aliphatic carbocycles. The molecule has 1 saturated heterocycles. The number of rotatable bonds is 2. The number of carbonyl (C=O) groups is 1. The van der Waals surface area contributed by atoms with Crippen molar-refractivity contribution in [3.63, 3.8) is 0 Å². The van der Waals surface area contributed by atoms with Gasteiger partial charge in [-0.15, -0.1) is 0 Å². The van der Waals surface area contributed by atoms with E-state index in [1.165, 1.54) is 12.8 Å².